The van der Waals surface area contributed by atoms with Crippen LogP contribution in [0.15, 0.2) is 59.0 Å². The number of nitrogens with one attached hydrogen (secondary N) is 1. The summed E-state index contributed by atoms with van der Waals surface area (Å²) >= 11 is 0. The fourth-order valence-corrected chi connectivity index (χ4v) is 2.91. The third-order valence-corrected chi connectivity index (χ3v) is 4.43. The van der Waals surface area contributed by atoms with E-state index in [9.17, 15) is 4.79 Å². The molecule has 0 bridgehead atoms. The Hall–Kier alpha value is -3.08. The highest BCUT2D eigenvalue weighted by molar-refractivity contribution is 6.04. The van der Waals surface area contributed by atoms with Crippen LogP contribution in [0.1, 0.15) is 48.4 Å². The zero-order chi connectivity index (χ0) is 18.6. The number of carbonyl (C=O) groups is 1. The minimum absolute atomic E-state index is 0.268. The highest BCUT2D eigenvalue weighted by atomic mass is 16.5. The topological polar surface area (TPSA) is 64.4 Å². The number of benzene rings is 2. The van der Waals surface area contributed by atoms with Gasteiger partial charge in [-0.1, -0.05) is 37.3 Å². The van der Waals surface area contributed by atoms with Crippen LogP contribution in [-0.4, -0.2) is 17.5 Å². The van der Waals surface area contributed by atoms with E-state index in [1.54, 1.807) is 0 Å². The molecule has 2 aromatic carbocycles. The van der Waals surface area contributed by atoms with Crippen LogP contribution in [0.4, 0.5) is 5.69 Å². The molecule has 1 fully saturated rings. The van der Waals surface area contributed by atoms with E-state index in [1.165, 1.54) is 0 Å². The van der Waals surface area contributed by atoms with E-state index < -0.39 is 0 Å². The van der Waals surface area contributed by atoms with Gasteiger partial charge in [0.15, 0.2) is 5.69 Å². The highest BCUT2D eigenvalue weighted by Crippen LogP contribution is 2.43. The first-order chi connectivity index (χ1) is 13.3. The van der Waals surface area contributed by atoms with Crippen LogP contribution >= 0.6 is 0 Å². The van der Waals surface area contributed by atoms with Crippen molar-refractivity contribution in [1.82, 2.24) is 4.98 Å². The van der Waals surface area contributed by atoms with Crippen LogP contribution in [0.5, 0.6) is 5.75 Å². The second-order valence-electron chi connectivity index (χ2n) is 6.67. The van der Waals surface area contributed by atoms with Gasteiger partial charge in [0.05, 0.1) is 12.3 Å². The number of hydrogen-bond donors (Lipinski definition) is 1. The van der Waals surface area contributed by atoms with E-state index in [1.807, 2.05) is 61.5 Å². The molecule has 1 aliphatic rings. The fourth-order valence-electron chi connectivity index (χ4n) is 2.91. The lowest BCUT2D eigenvalue weighted by Crippen LogP contribution is -2.15. The van der Waals surface area contributed by atoms with E-state index in [0.717, 1.165) is 24.8 Å². The van der Waals surface area contributed by atoms with Gasteiger partial charge in [0, 0.05) is 11.5 Å². The summed E-state index contributed by atoms with van der Waals surface area (Å²) in [6, 6.07) is 17.1. The molecule has 1 aromatic heterocycles. The van der Waals surface area contributed by atoms with Crippen molar-refractivity contribution in [3.8, 4) is 17.2 Å². The van der Waals surface area contributed by atoms with Crippen molar-refractivity contribution >= 4 is 11.6 Å². The maximum absolute atomic E-state index is 12.9. The molecule has 138 valence electrons. The lowest BCUT2D eigenvalue weighted by atomic mass is 10.2. The molecular weight excluding hydrogens is 340 g/mol. The molecule has 0 spiro atoms. The summed E-state index contributed by atoms with van der Waals surface area (Å²) in [6.07, 6.45) is 2.96. The molecule has 0 unspecified atom stereocenters. The number of amides is 1. The van der Waals surface area contributed by atoms with Gasteiger partial charge >= 0.3 is 0 Å². The van der Waals surface area contributed by atoms with Crippen LogP contribution in [0.25, 0.3) is 11.5 Å². The average molecular weight is 362 g/mol. The first-order valence-electron chi connectivity index (χ1n) is 9.35. The minimum Gasteiger partial charge on any atom is -0.491 e. The largest absolute Gasteiger partial charge is 0.491 e. The fraction of sp³-hybridized carbons (Fsp3) is 0.273. The number of oxazole rings is 1. The lowest BCUT2D eigenvalue weighted by molar-refractivity contribution is 0.102. The molecule has 1 heterocycles. The molecule has 0 saturated heterocycles. The Balaban J connectivity index is 1.62. The van der Waals surface area contributed by atoms with Gasteiger partial charge in [0.1, 0.15) is 11.5 Å². The normalized spacial score (nSPS) is 13.4. The third kappa shape index (κ3) is 3.87. The summed E-state index contributed by atoms with van der Waals surface area (Å²) in [5, 5.41) is 2.94. The van der Waals surface area contributed by atoms with E-state index in [4.69, 9.17) is 9.15 Å². The smallest absolute Gasteiger partial charge is 0.278 e. The molecule has 1 N–H and O–H groups in total. The number of ether oxygens (including phenoxy) is 1. The quantitative estimate of drug-likeness (QED) is 0.623. The van der Waals surface area contributed by atoms with Crippen molar-refractivity contribution in [1.29, 1.82) is 0 Å². The average Bonchev–Trinajstić information content (AvgIpc) is 3.46. The lowest BCUT2D eigenvalue weighted by Gasteiger charge is -2.11. The number of rotatable bonds is 7. The molecule has 0 aliphatic heterocycles. The molecule has 1 aliphatic carbocycles. The molecular formula is C22H22N2O3. The predicted octanol–water partition coefficient (Wildman–Crippen LogP) is 5.26. The van der Waals surface area contributed by atoms with Crippen LogP contribution in [0, 0.1) is 0 Å². The Morgan fingerprint density at radius 3 is 2.63 bits per heavy atom. The molecule has 27 heavy (non-hydrogen) atoms. The maximum atomic E-state index is 12.9. The third-order valence-electron chi connectivity index (χ3n) is 4.43. The first kappa shape index (κ1) is 17.3. The molecule has 3 aromatic rings. The second-order valence-corrected chi connectivity index (χ2v) is 6.67. The van der Waals surface area contributed by atoms with Gasteiger partial charge in [0.2, 0.25) is 5.89 Å². The molecule has 0 atom stereocenters. The molecule has 5 nitrogen and oxygen atoms in total. The molecule has 1 amide bonds. The Bertz CT molecular complexity index is 930. The van der Waals surface area contributed by atoms with Gasteiger partial charge in [-0.2, -0.15) is 0 Å². The van der Waals surface area contributed by atoms with Gasteiger partial charge in [0.25, 0.3) is 5.91 Å². The van der Waals surface area contributed by atoms with E-state index in [-0.39, 0.29) is 11.8 Å². The number of nitrogens with zero attached hydrogens (tertiary/aromatic N) is 1. The zero-order valence-electron chi connectivity index (χ0n) is 15.3. The minimum atomic E-state index is -0.268. The van der Waals surface area contributed by atoms with Crippen LogP contribution in [0.2, 0.25) is 0 Å². The summed E-state index contributed by atoms with van der Waals surface area (Å²) in [5.41, 5.74) is 1.87. The number of anilines is 1. The van der Waals surface area contributed by atoms with Crippen LogP contribution < -0.4 is 10.1 Å². The number of carbonyl (C=O) groups excluding carboxylic acids is 1. The summed E-state index contributed by atoms with van der Waals surface area (Å²) in [5.74, 6) is 1.83. The summed E-state index contributed by atoms with van der Waals surface area (Å²) in [7, 11) is 0. The van der Waals surface area contributed by atoms with Crippen molar-refractivity contribution < 1.29 is 13.9 Å². The Labute approximate surface area is 158 Å². The SMILES string of the molecule is CCCOc1ccccc1NC(=O)c1nc(-c2ccccc2)oc1C1CC1. The first-order valence-corrected chi connectivity index (χ1v) is 9.35. The highest BCUT2D eigenvalue weighted by Gasteiger charge is 2.34. The standard InChI is InChI=1S/C22H22N2O3/c1-2-14-26-18-11-7-6-10-17(18)23-21(25)19-20(15-12-13-15)27-22(24-19)16-8-4-3-5-9-16/h3-11,15H,2,12-14H2,1H3,(H,23,25). The van der Waals surface area contributed by atoms with Gasteiger partial charge < -0.3 is 14.5 Å². The van der Waals surface area contributed by atoms with Gasteiger partial charge in [-0.3, -0.25) is 4.79 Å². The zero-order valence-corrected chi connectivity index (χ0v) is 15.3. The monoisotopic (exact) mass is 362 g/mol. The molecule has 1 saturated carbocycles. The summed E-state index contributed by atoms with van der Waals surface area (Å²) in [6.45, 7) is 2.64. The predicted molar refractivity (Wildman–Crippen MR) is 104 cm³/mol. The van der Waals surface area contributed by atoms with Gasteiger partial charge in [-0.05, 0) is 43.5 Å². The van der Waals surface area contributed by atoms with Crippen molar-refractivity contribution in [3.63, 3.8) is 0 Å². The summed E-state index contributed by atoms with van der Waals surface area (Å²) < 4.78 is 11.7. The Morgan fingerprint density at radius 2 is 1.89 bits per heavy atom. The van der Waals surface area contributed by atoms with Crippen molar-refractivity contribution in [2.24, 2.45) is 0 Å². The molecule has 4 rings (SSSR count). The van der Waals surface area contributed by atoms with Crippen molar-refractivity contribution in [3.05, 3.63) is 66.1 Å². The van der Waals surface area contributed by atoms with Crippen LogP contribution in [-0.2, 0) is 0 Å². The van der Waals surface area contributed by atoms with Crippen molar-refractivity contribution in [2.45, 2.75) is 32.1 Å². The van der Waals surface area contributed by atoms with Gasteiger partial charge in [-0.15, -0.1) is 0 Å². The van der Waals surface area contributed by atoms with E-state index in [0.29, 0.717) is 35.4 Å². The molecule has 0 radical (unpaired) electrons. The Morgan fingerprint density at radius 1 is 1.15 bits per heavy atom. The van der Waals surface area contributed by atoms with E-state index in [2.05, 4.69) is 10.3 Å². The van der Waals surface area contributed by atoms with Gasteiger partial charge in [-0.25, -0.2) is 4.98 Å². The van der Waals surface area contributed by atoms with Crippen molar-refractivity contribution in [2.75, 3.05) is 11.9 Å². The maximum Gasteiger partial charge on any atom is 0.278 e. The summed E-state index contributed by atoms with van der Waals surface area (Å²) in [4.78, 5) is 17.5. The molecule has 5 heteroatoms. The van der Waals surface area contributed by atoms with E-state index >= 15 is 0 Å². The number of hydrogen-bond acceptors (Lipinski definition) is 4. The number of aromatic nitrogens is 1. The second kappa shape index (κ2) is 7.66. The number of para-hydroxylation sites is 2. The van der Waals surface area contributed by atoms with Crippen LogP contribution in [0.3, 0.4) is 0 Å². The Kier molecular flexibility index (Phi) is 4.92.